The number of fused-ring (bicyclic) bond motifs is 1. The summed E-state index contributed by atoms with van der Waals surface area (Å²) >= 11 is 0. The maximum atomic E-state index is 10.7. The van der Waals surface area contributed by atoms with Gasteiger partial charge in [0, 0.05) is 28.8 Å². The molecule has 0 spiro atoms. The van der Waals surface area contributed by atoms with E-state index in [-0.39, 0.29) is 11.5 Å². The van der Waals surface area contributed by atoms with Crippen molar-refractivity contribution < 1.29 is 19.7 Å². The average Bonchev–Trinajstić information content (AvgIpc) is 2.63. The topological polar surface area (TPSA) is 58.9 Å². The van der Waals surface area contributed by atoms with E-state index in [1.807, 2.05) is 37.3 Å². The van der Waals surface area contributed by atoms with E-state index < -0.39 is 0 Å². The number of rotatable bonds is 4. The first kappa shape index (κ1) is 16.0. The molecule has 4 nitrogen and oxygen atoms in total. The largest absolute Gasteiger partial charge is 0.507 e. The van der Waals surface area contributed by atoms with Crippen LogP contribution in [0.3, 0.4) is 0 Å². The Hall–Kier alpha value is -2.88. The van der Waals surface area contributed by atoms with Gasteiger partial charge in [0.1, 0.15) is 23.0 Å². The van der Waals surface area contributed by atoms with Crippen molar-refractivity contribution in [2.75, 3.05) is 14.2 Å². The van der Waals surface area contributed by atoms with Gasteiger partial charge in [0.05, 0.1) is 14.2 Å². The molecule has 0 atom stereocenters. The normalized spacial score (nSPS) is 10.8. The van der Waals surface area contributed by atoms with Crippen LogP contribution in [0, 0.1) is 6.92 Å². The molecule has 0 aromatic heterocycles. The van der Waals surface area contributed by atoms with Gasteiger partial charge in [0.25, 0.3) is 0 Å². The van der Waals surface area contributed by atoms with E-state index in [4.69, 9.17) is 9.47 Å². The molecule has 0 aliphatic heterocycles. The van der Waals surface area contributed by atoms with Gasteiger partial charge in [-0.3, -0.25) is 0 Å². The van der Waals surface area contributed by atoms with Crippen LogP contribution in [0.2, 0.25) is 0 Å². The van der Waals surface area contributed by atoms with Gasteiger partial charge in [-0.1, -0.05) is 30.3 Å². The van der Waals surface area contributed by atoms with Crippen molar-refractivity contribution in [2.24, 2.45) is 0 Å². The van der Waals surface area contributed by atoms with Gasteiger partial charge < -0.3 is 19.7 Å². The number of methoxy groups -OCH3 is 2. The van der Waals surface area contributed by atoms with Gasteiger partial charge in [-0.2, -0.15) is 0 Å². The Bertz CT molecular complexity index is 900. The maximum Gasteiger partial charge on any atom is 0.127 e. The van der Waals surface area contributed by atoms with Gasteiger partial charge in [-0.25, -0.2) is 0 Å². The average molecular weight is 324 g/mol. The van der Waals surface area contributed by atoms with Gasteiger partial charge in [-0.15, -0.1) is 0 Å². The number of phenolic OH excluding ortho intramolecular Hbond substituents is 2. The summed E-state index contributed by atoms with van der Waals surface area (Å²) in [4.78, 5) is 0. The van der Waals surface area contributed by atoms with Crippen LogP contribution in [-0.4, -0.2) is 24.4 Å². The zero-order chi connectivity index (χ0) is 17.3. The zero-order valence-electron chi connectivity index (χ0n) is 14.0. The Balaban J connectivity index is 2.14. The molecule has 0 aliphatic carbocycles. The summed E-state index contributed by atoms with van der Waals surface area (Å²) in [5.41, 5.74) is 2.27. The molecule has 0 saturated carbocycles. The lowest BCUT2D eigenvalue weighted by Crippen LogP contribution is -1.98. The van der Waals surface area contributed by atoms with Crippen LogP contribution in [0.1, 0.15) is 16.7 Å². The Labute approximate surface area is 140 Å². The summed E-state index contributed by atoms with van der Waals surface area (Å²) in [5, 5.41) is 22.5. The summed E-state index contributed by atoms with van der Waals surface area (Å²) in [5.74, 6) is 1.78. The highest BCUT2D eigenvalue weighted by atomic mass is 16.5. The predicted molar refractivity (Wildman–Crippen MR) is 94.4 cm³/mol. The van der Waals surface area contributed by atoms with Crippen molar-refractivity contribution in [3.63, 3.8) is 0 Å². The van der Waals surface area contributed by atoms with E-state index in [1.165, 1.54) is 0 Å². The molecule has 0 bridgehead atoms. The van der Waals surface area contributed by atoms with E-state index >= 15 is 0 Å². The summed E-state index contributed by atoms with van der Waals surface area (Å²) in [6.07, 6.45) is 0.448. The fraction of sp³-hybridized carbons (Fsp3) is 0.200. The van der Waals surface area contributed by atoms with E-state index in [9.17, 15) is 10.2 Å². The summed E-state index contributed by atoms with van der Waals surface area (Å²) < 4.78 is 10.7. The Morgan fingerprint density at radius 3 is 2.17 bits per heavy atom. The first-order valence-electron chi connectivity index (χ1n) is 7.69. The molecule has 3 aromatic carbocycles. The quantitative estimate of drug-likeness (QED) is 0.707. The standard InChI is InChI=1S/C20H20O4/c1-12-17(10-13-8-9-14(23-2)11-18(13)24-3)20(22)16-7-5-4-6-15(16)19(12)21/h4-9,11,21-22H,10H2,1-3H3. The molecule has 124 valence electrons. The first-order valence-corrected chi connectivity index (χ1v) is 7.69. The number of aromatic hydroxyl groups is 2. The number of benzene rings is 3. The lowest BCUT2D eigenvalue weighted by Gasteiger charge is -2.16. The molecule has 0 saturated heterocycles. The van der Waals surface area contributed by atoms with Crippen LogP contribution in [0.5, 0.6) is 23.0 Å². The minimum absolute atomic E-state index is 0.193. The third kappa shape index (κ3) is 2.60. The van der Waals surface area contributed by atoms with E-state index in [1.54, 1.807) is 26.4 Å². The monoisotopic (exact) mass is 324 g/mol. The summed E-state index contributed by atoms with van der Waals surface area (Å²) in [6.45, 7) is 1.81. The van der Waals surface area contributed by atoms with Crippen molar-refractivity contribution in [1.82, 2.24) is 0 Å². The fourth-order valence-corrected chi connectivity index (χ4v) is 2.99. The second-order valence-corrected chi connectivity index (χ2v) is 5.70. The second kappa shape index (κ2) is 6.32. The predicted octanol–water partition coefficient (Wildman–Crippen LogP) is 4.17. The highest BCUT2D eigenvalue weighted by molar-refractivity contribution is 5.95. The van der Waals surface area contributed by atoms with E-state index in [0.29, 0.717) is 39.8 Å². The number of ether oxygens (including phenoxy) is 2. The fourth-order valence-electron chi connectivity index (χ4n) is 2.99. The Morgan fingerprint density at radius 2 is 1.54 bits per heavy atom. The molecule has 0 unspecified atom stereocenters. The van der Waals surface area contributed by atoms with E-state index in [0.717, 1.165) is 5.56 Å². The smallest absolute Gasteiger partial charge is 0.127 e. The molecule has 0 radical (unpaired) electrons. The molecule has 0 heterocycles. The highest BCUT2D eigenvalue weighted by Crippen LogP contribution is 2.41. The molecular weight excluding hydrogens is 304 g/mol. The molecule has 2 N–H and O–H groups in total. The number of phenols is 2. The molecule has 3 aromatic rings. The van der Waals surface area contributed by atoms with Crippen LogP contribution in [0.15, 0.2) is 42.5 Å². The van der Waals surface area contributed by atoms with Gasteiger partial charge in [0.2, 0.25) is 0 Å². The molecule has 0 fully saturated rings. The Morgan fingerprint density at radius 1 is 0.875 bits per heavy atom. The highest BCUT2D eigenvalue weighted by Gasteiger charge is 2.17. The summed E-state index contributed by atoms with van der Waals surface area (Å²) in [6, 6.07) is 12.9. The van der Waals surface area contributed by atoms with Gasteiger partial charge in [0.15, 0.2) is 0 Å². The van der Waals surface area contributed by atoms with Crippen LogP contribution < -0.4 is 9.47 Å². The van der Waals surface area contributed by atoms with Crippen molar-refractivity contribution in [3.8, 4) is 23.0 Å². The zero-order valence-corrected chi connectivity index (χ0v) is 14.0. The summed E-state index contributed by atoms with van der Waals surface area (Å²) in [7, 11) is 3.20. The van der Waals surface area contributed by atoms with E-state index in [2.05, 4.69) is 0 Å². The second-order valence-electron chi connectivity index (χ2n) is 5.70. The molecular formula is C20H20O4. The lowest BCUT2D eigenvalue weighted by atomic mass is 9.94. The van der Waals surface area contributed by atoms with Gasteiger partial charge in [-0.05, 0) is 24.1 Å². The third-order valence-corrected chi connectivity index (χ3v) is 4.39. The van der Waals surface area contributed by atoms with Crippen molar-refractivity contribution in [2.45, 2.75) is 13.3 Å². The SMILES string of the molecule is COc1ccc(Cc2c(C)c(O)c3ccccc3c2O)c(OC)c1. The minimum atomic E-state index is 0.193. The lowest BCUT2D eigenvalue weighted by molar-refractivity contribution is 0.391. The number of hydrogen-bond acceptors (Lipinski definition) is 4. The van der Waals surface area contributed by atoms with Crippen LogP contribution in [0.25, 0.3) is 10.8 Å². The van der Waals surface area contributed by atoms with Crippen molar-refractivity contribution >= 4 is 10.8 Å². The molecule has 24 heavy (non-hydrogen) atoms. The van der Waals surface area contributed by atoms with Crippen LogP contribution in [-0.2, 0) is 6.42 Å². The van der Waals surface area contributed by atoms with Crippen molar-refractivity contribution in [3.05, 3.63) is 59.2 Å². The maximum absolute atomic E-state index is 10.7. The Kier molecular flexibility index (Phi) is 4.21. The minimum Gasteiger partial charge on any atom is -0.507 e. The molecule has 0 amide bonds. The first-order chi connectivity index (χ1) is 11.6. The number of hydrogen-bond donors (Lipinski definition) is 2. The molecule has 4 heteroatoms. The van der Waals surface area contributed by atoms with Crippen LogP contribution >= 0.6 is 0 Å². The van der Waals surface area contributed by atoms with Gasteiger partial charge >= 0.3 is 0 Å². The third-order valence-electron chi connectivity index (χ3n) is 4.39. The van der Waals surface area contributed by atoms with Crippen LogP contribution in [0.4, 0.5) is 0 Å². The van der Waals surface area contributed by atoms with Crippen molar-refractivity contribution in [1.29, 1.82) is 0 Å². The molecule has 0 aliphatic rings. The molecule has 3 rings (SSSR count).